The topological polar surface area (TPSA) is 40.5 Å². The summed E-state index contributed by atoms with van der Waals surface area (Å²) >= 11 is 4.28. The van der Waals surface area contributed by atoms with Crippen LogP contribution in [0.2, 0.25) is 0 Å². The van der Waals surface area contributed by atoms with Crippen LogP contribution in [0.5, 0.6) is 0 Å². The van der Waals surface area contributed by atoms with Gasteiger partial charge in [-0.1, -0.05) is 22.0 Å². The van der Waals surface area contributed by atoms with Crippen molar-refractivity contribution in [3.8, 4) is 0 Å². The van der Waals surface area contributed by atoms with E-state index >= 15 is 0 Å². The molecule has 0 bridgehead atoms. The third-order valence-electron chi connectivity index (χ3n) is 3.94. The Balaban J connectivity index is 1.82. The Morgan fingerprint density at radius 1 is 1.33 bits per heavy atom. The molecule has 128 valence electrons. The molecule has 1 aromatic heterocycles. The van der Waals surface area contributed by atoms with Gasteiger partial charge in [0.15, 0.2) is 0 Å². The molecule has 1 aromatic carbocycles. The highest BCUT2D eigenvalue weighted by Gasteiger charge is 2.34. The maximum atomic E-state index is 13.2. The number of thiophene rings is 1. The largest absolute Gasteiger partial charge is 0.477 e. The minimum absolute atomic E-state index is 0.182. The molecule has 8 heteroatoms. The molecule has 3 nitrogen and oxygen atoms in total. The van der Waals surface area contributed by atoms with E-state index in [0.717, 1.165) is 16.5 Å². The highest BCUT2D eigenvalue weighted by Crippen LogP contribution is 2.35. The number of carbonyl (C=O) groups is 1. The molecule has 24 heavy (non-hydrogen) atoms. The molecule has 1 N–H and O–H groups in total. The third-order valence-corrected chi connectivity index (χ3v) is 5.59. The van der Waals surface area contributed by atoms with Gasteiger partial charge in [-0.2, -0.15) is 13.2 Å². The molecule has 0 fully saturated rings. The van der Waals surface area contributed by atoms with E-state index in [2.05, 4.69) is 15.9 Å². The van der Waals surface area contributed by atoms with Crippen molar-refractivity contribution in [3.05, 3.63) is 55.2 Å². The average Bonchev–Trinajstić information content (AvgIpc) is 2.91. The number of carboxylic acids is 1. The van der Waals surface area contributed by atoms with E-state index in [1.165, 1.54) is 17.4 Å². The van der Waals surface area contributed by atoms with E-state index < -0.39 is 17.7 Å². The van der Waals surface area contributed by atoms with Crippen LogP contribution in [-0.2, 0) is 25.7 Å². The quantitative estimate of drug-likeness (QED) is 0.777. The van der Waals surface area contributed by atoms with Crippen LogP contribution >= 0.6 is 27.3 Å². The van der Waals surface area contributed by atoms with Crippen LogP contribution in [0.15, 0.2) is 28.7 Å². The lowest BCUT2D eigenvalue weighted by atomic mass is 10.0. The van der Waals surface area contributed by atoms with Gasteiger partial charge in [-0.3, -0.25) is 4.90 Å². The van der Waals surface area contributed by atoms with Crippen molar-refractivity contribution in [1.29, 1.82) is 0 Å². The maximum absolute atomic E-state index is 13.2. The summed E-state index contributed by atoms with van der Waals surface area (Å²) in [6.45, 7) is 1.26. The highest BCUT2D eigenvalue weighted by atomic mass is 79.9. The van der Waals surface area contributed by atoms with Gasteiger partial charge >= 0.3 is 12.1 Å². The van der Waals surface area contributed by atoms with Crippen LogP contribution in [-0.4, -0.2) is 22.5 Å². The lowest BCUT2D eigenvalue weighted by molar-refractivity contribution is -0.138. The van der Waals surface area contributed by atoms with Crippen LogP contribution < -0.4 is 0 Å². The molecule has 2 aromatic rings. The second kappa shape index (κ2) is 6.50. The zero-order chi connectivity index (χ0) is 17.5. The highest BCUT2D eigenvalue weighted by molar-refractivity contribution is 9.10. The summed E-state index contributed by atoms with van der Waals surface area (Å²) < 4.78 is 40.0. The molecule has 0 aliphatic carbocycles. The first-order valence-corrected chi connectivity index (χ1v) is 8.78. The summed E-state index contributed by atoms with van der Waals surface area (Å²) in [5.74, 6) is -0.965. The van der Waals surface area contributed by atoms with E-state index in [1.54, 1.807) is 12.1 Å². The molecule has 1 aliphatic rings. The summed E-state index contributed by atoms with van der Waals surface area (Å²) in [6.07, 6.45) is -3.75. The molecule has 0 saturated carbocycles. The molecule has 1 aliphatic heterocycles. The molecule has 0 spiro atoms. The van der Waals surface area contributed by atoms with Crippen LogP contribution in [0.4, 0.5) is 13.2 Å². The Bertz CT molecular complexity index is 788. The third kappa shape index (κ3) is 3.65. The number of halogens is 4. The number of fused-ring (bicyclic) bond motifs is 1. The van der Waals surface area contributed by atoms with Crippen LogP contribution in [0.1, 0.15) is 31.2 Å². The Morgan fingerprint density at radius 2 is 2.08 bits per heavy atom. The second-order valence-corrected chi connectivity index (χ2v) is 7.68. The number of hydrogen-bond acceptors (Lipinski definition) is 3. The monoisotopic (exact) mass is 419 g/mol. The molecule has 2 heterocycles. The fourth-order valence-electron chi connectivity index (χ4n) is 2.80. The summed E-state index contributed by atoms with van der Waals surface area (Å²) in [6, 6.07) is 5.85. The van der Waals surface area contributed by atoms with E-state index in [0.29, 0.717) is 24.0 Å². The number of nitrogens with zero attached hydrogens (tertiary/aromatic N) is 1. The van der Waals surface area contributed by atoms with Gasteiger partial charge in [-0.25, -0.2) is 4.79 Å². The van der Waals surface area contributed by atoms with Crippen molar-refractivity contribution in [2.24, 2.45) is 0 Å². The van der Waals surface area contributed by atoms with E-state index in [-0.39, 0.29) is 17.0 Å². The smallest absolute Gasteiger partial charge is 0.416 e. The Hall–Kier alpha value is -1.38. The van der Waals surface area contributed by atoms with E-state index in [9.17, 15) is 18.0 Å². The van der Waals surface area contributed by atoms with Gasteiger partial charge in [-0.15, -0.1) is 11.3 Å². The zero-order valence-electron chi connectivity index (χ0n) is 12.4. The lowest BCUT2D eigenvalue weighted by Gasteiger charge is -2.27. The number of benzene rings is 1. The minimum atomic E-state index is -4.40. The van der Waals surface area contributed by atoms with Gasteiger partial charge in [0.2, 0.25) is 0 Å². The predicted molar refractivity (Wildman–Crippen MR) is 88.2 cm³/mol. The second-order valence-electron chi connectivity index (χ2n) is 5.62. The van der Waals surface area contributed by atoms with Gasteiger partial charge in [0, 0.05) is 29.0 Å². The number of rotatable bonds is 3. The van der Waals surface area contributed by atoms with Crippen LogP contribution in [0.3, 0.4) is 0 Å². The molecular formula is C16H13BrF3NO2S. The van der Waals surface area contributed by atoms with Crippen molar-refractivity contribution in [1.82, 2.24) is 4.90 Å². The number of carboxylic acid groups (broad SMARTS) is 1. The summed E-state index contributed by atoms with van der Waals surface area (Å²) in [4.78, 5) is 14.2. The number of alkyl halides is 3. The average molecular weight is 420 g/mol. The van der Waals surface area contributed by atoms with Crippen molar-refractivity contribution >= 4 is 33.2 Å². The molecule has 0 amide bonds. The van der Waals surface area contributed by atoms with Crippen LogP contribution in [0, 0.1) is 0 Å². The maximum Gasteiger partial charge on any atom is 0.416 e. The zero-order valence-corrected chi connectivity index (χ0v) is 14.8. The minimum Gasteiger partial charge on any atom is -0.477 e. The molecule has 0 atom stereocenters. The van der Waals surface area contributed by atoms with Gasteiger partial charge in [0.1, 0.15) is 4.88 Å². The first kappa shape index (κ1) is 17.4. The first-order chi connectivity index (χ1) is 11.2. The summed E-state index contributed by atoms with van der Waals surface area (Å²) in [5.41, 5.74) is 0.574. The molecule has 0 radical (unpaired) electrons. The molecule has 0 unspecified atom stereocenters. The fourth-order valence-corrected chi connectivity index (χ4v) is 4.26. The number of aromatic carboxylic acids is 1. The van der Waals surface area contributed by atoms with Gasteiger partial charge in [0.05, 0.1) is 5.56 Å². The molecule has 3 rings (SSSR count). The normalized spacial score (nSPS) is 15.3. The van der Waals surface area contributed by atoms with Crippen molar-refractivity contribution < 1.29 is 23.1 Å². The SMILES string of the molecule is O=C(O)c1cc2c(s1)CN(Cc1ccc(Br)cc1C(F)(F)F)CC2. The standard InChI is InChI=1S/C16H13BrF3NO2S/c17-11-2-1-10(12(6-11)16(18,19)20)7-21-4-3-9-5-13(15(22)23)24-14(9)8-21/h1-2,5-6H,3-4,7-8H2,(H,22,23). The van der Waals surface area contributed by atoms with E-state index in [4.69, 9.17) is 5.11 Å². The summed E-state index contributed by atoms with van der Waals surface area (Å²) in [5, 5.41) is 9.05. The van der Waals surface area contributed by atoms with Crippen molar-refractivity contribution in [2.75, 3.05) is 6.54 Å². The van der Waals surface area contributed by atoms with Crippen LogP contribution in [0.25, 0.3) is 0 Å². The first-order valence-electron chi connectivity index (χ1n) is 7.17. The predicted octanol–water partition coefficient (Wildman–Crippen LogP) is 4.79. The summed E-state index contributed by atoms with van der Waals surface area (Å²) in [7, 11) is 0. The molecular weight excluding hydrogens is 407 g/mol. The Labute approximate surface area is 148 Å². The van der Waals surface area contributed by atoms with Crippen molar-refractivity contribution in [2.45, 2.75) is 25.7 Å². The fraction of sp³-hybridized carbons (Fsp3) is 0.312. The number of hydrogen-bond donors (Lipinski definition) is 1. The lowest BCUT2D eigenvalue weighted by Crippen LogP contribution is -2.30. The van der Waals surface area contributed by atoms with Gasteiger partial charge in [0.25, 0.3) is 0 Å². The van der Waals surface area contributed by atoms with Gasteiger partial charge in [-0.05, 0) is 35.7 Å². The van der Waals surface area contributed by atoms with Crippen molar-refractivity contribution in [3.63, 3.8) is 0 Å². The molecule has 0 saturated heterocycles. The van der Waals surface area contributed by atoms with E-state index in [1.807, 2.05) is 4.90 Å². The Kier molecular flexibility index (Phi) is 4.72. The Morgan fingerprint density at radius 3 is 2.75 bits per heavy atom. The van der Waals surface area contributed by atoms with Gasteiger partial charge < -0.3 is 5.11 Å².